The van der Waals surface area contributed by atoms with Crippen LogP contribution in [-0.4, -0.2) is 31.4 Å². The first kappa shape index (κ1) is 14.2. The van der Waals surface area contributed by atoms with Gasteiger partial charge >= 0.3 is 0 Å². The molecule has 1 saturated carbocycles. The van der Waals surface area contributed by atoms with E-state index in [9.17, 15) is 0 Å². The molecule has 1 heterocycles. The molecule has 0 amide bonds. The molecule has 0 N–H and O–H groups in total. The Morgan fingerprint density at radius 2 is 2.00 bits per heavy atom. The van der Waals surface area contributed by atoms with Crippen molar-refractivity contribution in [3.63, 3.8) is 0 Å². The third-order valence-corrected chi connectivity index (χ3v) is 4.86. The van der Waals surface area contributed by atoms with E-state index in [1.54, 1.807) is 0 Å². The SMILES string of the molecule is C[N+](C)(Cc1cc(Cl)cc2c1OCOC2)C1CCCC1. The van der Waals surface area contributed by atoms with Gasteiger partial charge < -0.3 is 14.0 Å². The summed E-state index contributed by atoms with van der Waals surface area (Å²) in [6.45, 7) is 1.91. The summed E-state index contributed by atoms with van der Waals surface area (Å²) in [6.07, 6.45) is 5.40. The number of benzene rings is 1. The Kier molecular flexibility index (Phi) is 3.93. The summed E-state index contributed by atoms with van der Waals surface area (Å²) >= 11 is 6.25. The van der Waals surface area contributed by atoms with Crippen molar-refractivity contribution in [3.8, 4) is 5.75 Å². The maximum absolute atomic E-state index is 6.25. The Labute approximate surface area is 126 Å². The van der Waals surface area contributed by atoms with E-state index in [-0.39, 0.29) is 0 Å². The minimum atomic E-state index is 0.346. The quantitative estimate of drug-likeness (QED) is 0.791. The van der Waals surface area contributed by atoms with Gasteiger partial charge in [0.1, 0.15) is 12.3 Å². The Bertz CT molecular complexity index is 495. The van der Waals surface area contributed by atoms with Gasteiger partial charge in [0.2, 0.25) is 0 Å². The largest absolute Gasteiger partial charge is 0.467 e. The van der Waals surface area contributed by atoms with Crippen molar-refractivity contribution in [2.24, 2.45) is 0 Å². The molecule has 1 aromatic carbocycles. The topological polar surface area (TPSA) is 18.5 Å². The van der Waals surface area contributed by atoms with E-state index < -0.39 is 0 Å². The molecular formula is C16H23ClNO2+. The lowest BCUT2D eigenvalue weighted by Gasteiger charge is -2.37. The summed E-state index contributed by atoms with van der Waals surface area (Å²) in [5.74, 6) is 0.991. The third kappa shape index (κ3) is 2.80. The highest BCUT2D eigenvalue weighted by atomic mass is 35.5. The van der Waals surface area contributed by atoms with E-state index in [4.69, 9.17) is 21.1 Å². The van der Waals surface area contributed by atoms with Gasteiger partial charge in [0.05, 0.1) is 32.3 Å². The van der Waals surface area contributed by atoms with Gasteiger partial charge in [-0.2, -0.15) is 0 Å². The van der Waals surface area contributed by atoms with E-state index in [0.29, 0.717) is 13.4 Å². The molecule has 1 aliphatic heterocycles. The molecule has 2 aliphatic rings. The Morgan fingerprint density at radius 3 is 2.75 bits per heavy atom. The van der Waals surface area contributed by atoms with E-state index in [2.05, 4.69) is 20.2 Å². The molecule has 0 aromatic heterocycles. The minimum absolute atomic E-state index is 0.346. The highest BCUT2D eigenvalue weighted by Crippen LogP contribution is 2.35. The molecule has 0 bridgehead atoms. The van der Waals surface area contributed by atoms with Crippen LogP contribution in [0.3, 0.4) is 0 Å². The van der Waals surface area contributed by atoms with E-state index >= 15 is 0 Å². The minimum Gasteiger partial charge on any atom is -0.467 e. The van der Waals surface area contributed by atoms with Crippen LogP contribution in [0.4, 0.5) is 0 Å². The average Bonchev–Trinajstić information content (AvgIpc) is 2.92. The number of halogens is 1. The highest BCUT2D eigenvalue weighted by molar-refractivity contribution is 6.30. The van der Waals surface area contributed by atoms with Crippen LogP contribution in [0.25, 0.3) is 0 Å². The van der Waals surface area contributed by atoms with Crippen molar-refractivity contribution in [2.45, 2.75) is 44.9 Å². The number of hydrogen-bond donors (Lipinski definition) is 0. The van der Waals surface area contributed by atoms with Gasteiger partial charge in [0, 0.05) is 10.6 Å². The number of nitrogens with zero attached hydrogens (tertiary/aromatic N) is 1. The number of hydrogen-bond acceptors (Lipinski definition) is 2. The molecule has 1 aliphatic carbocycles. The molecule has 4 heteroatoms. The van der Waals surface area contributed by atoms with Crippen molar-refractivity contribution >= 4 is 11.6 Å². The molecular weight excluding hydrogens is 274 g/mol. The van der Waals surface area contributed by atoms with Crippen LogP contribution in [0.15, 0.2) is 12.1 Å². The molecule has 20 heavy (non-hydrogen) atoms. The van der Waals surface area contributed by atoms with Crippen LogP contribution in [0.2, 0.25) is 5.02 Å². The molecule has 0 saturated heterocycles. The zero-order chi connectivity index (χ0) is 14.2. The summed E-state index contributed by atoms with van der Waals surface area (Å²) in [7, 11) is 4.64. The van der Waals surface area contributed by atoms with Crippen LogP contribution in [0, 0.1) is 0 Å². The standard InChI is InChI=1S/C16H23ClNO2/c1-18(2,15-5-3-4-6-15)9-12-7-14(17)8-13-10-19-11-20-16(12)13/h7-8,15H,3-6,9-11H2,1-2H3/q+1. The lowest BCUT2D eigenvalue weighted by Crippen LogP contribution is -2.46. The van der Waals surface area contributed by atoms with Crippen LogP contribution in [-0.2, 0) is 17.9 Å². The summed E-state index contributed by atoms with van der Waals surface area (Å²) in [5, 5.41) is 0.777. The van der Waals surface area contributed by atoms with E-state index in [1.165, 1.54) is 31.2 Å². The smallest absolute Gasteiger partial charge is 0.189 e. The second-order valence-electron chi connectivity index (χ2n) is 6.54. The maximum atomic E-state index is 6.25. The van der Waals surface area contributed by atoms with Crippen LogP contribution in [0.1, 0.15) is 36.8 Å². The molecule has 3 nitrogen and oxygen atoms in total. The lowest BCUT2D eigenvalue weighted by atomic mass is 10.1. The van der Waals surface area contributed by atoms with Gasteiger partial charge in [-0.1, -0.05) is 11.6 Å². The fraction of sp³-hybridized carbons (Fsp3) is 0.625. The van der Waals surface area contributed by atoms with Gasteiger partial charge in [0.25, 0.3) is 0 Å². The Hall–Kier alpha value is -0.770. The third-order valence-electron chi connectivity index (χ3n) is 4.64. The lowest BCUT2D eigenvalue weighted by molar-refractivity contribution is -0.927. The van der Waals surface area contributed by atoms with Crippen LogP contribution in [0.5, 0.6) is 5.75 Å². The van der Waals surface area contributed by atoms with Gasteiger partial charge in [-0.05, 0) is 37.8 Å². The second kappa shape index (κ2) is 5.55. The first-order valence-corrected chi connectivity index (χ1v) is 7.78. The predicted octanol–water partition coefficient (Wildman–Crippen LogP) is 3.73. The summed E-state index contributed by atoms with van der Waals surface area (Å²) in [4.78, 5) is 0. The van der Waals surface area contributed by atoms with E-state index in [1.807, 2.05) is 6.07 Å². The Morgan fingerprint density at radius 1 is 1.25 bits per heavy atom. The Balaban J connectivity index is 1.88. The number of ether oxygens (including phenoxy) is 2. The predicted molar refractivity (Wildman–Crippen MR) is 79.8 cm³/mol. The molecule has 1 fully saturated rings. The van der Waals surface area contributed by atoms with E-state index in [0.717, 1.165) is 33.4 Å². The molecule has 110 valence electrons. The fourth-order valence-electron chi connectivity index (χ4n) is 3.55. The molecule has 0 unspecified atom stereocenters. The normalized spacial score (nSPS) is 19.8. The van der Waals surface area contributed by atoms with Gasteiger partial charge in [-0.15, -0.1) is 0 Å². The van der Waals surface area contributed by atoms with Gasteiger partial charge in [0.15, 0.2) is 6.79 Å². The van der Waals surface area contributed by atoms with Crippen LogP contribution >= 0.6 is 11.6 Å². The molecule has 1 aromatic rings. The van der Waals surface area contributed by atoms with Crippen molar-refractivity contribution in [1.29, 1.82) is 0 Å². The van der Waals surface area contributed by atoms with Crippen molar-refractivity contribution in [1.82, 2.24) is 0 Å². The van der Waals surface area contributed by atoms with Crippen molar-refractivity contribution < 1.29 is 14.0 Å². The van der Waals surface area contributed by atoms with Crippen molar-refractivity contribution in [2.75, 3.05) is 20.9 Å². The molecule has 0 atom stereocenters. The monoisotopic (exact) mass is 296 g/mol. The average molecular weight is 297 g/mol. The number of quaternary nitrogens is 1. The first-order valence-electron chi connectivity index (χ1n) is 7.41. The molecule has 0 radical (unpaired) electrons. The fourth-order valence-corrected chi connectivity index (χ4v) is 3.81. The summed E-state index contributed by atoms with van der Waals surface area (Å²) in [5.41, 5.74) is 2.29. The van der Waals surface area contributed by atoms with Gasteiger partial charge in [-0.3, -0.25) is 0 Å². The second-order valence-corrected chi connectivity index (χ2v) is 6.98. The highest BCUT2D eigenvalue weighted by Gasteiger charge is 2.32. The summed E-state index contributed by atoms with van der Waals surface area (Å²) < 4.78 is 12.1. The maximum Gasteiger partial charge on any atom is 0.189 e. The number of fused-ring (bicyclic) bond motifs is 1. The summed E-state index contributed by atoms with van der Waals surface area (Å²) in [6, 6.07) is 4.76. The molecule has 3 rings (SSSR count). The zero-order valence-electron chi connectivity index (χ0n) is 12.3. The molecule has 0 spiro atoms. The number of rotatable bonds is 3. The zero-order valence-corrected chi connectivity index (χ0v) is 13.1. The first-order chi connectivity index (χ1) is 9.56. The van der Waals surface area contributed by atoms with Crippen molar-refractivity contribution in [3.05, 3.63) is 28.3 Å². The van der Waals surface area contributed by atoms with Crippen LogP contribution < -0.4 is 4.74 Å². The van der Waals surface area contributed by atoms with Gasteiger partial charge in [-0.25, -0.2) is 0 Å².